The number of hydrogen-bond acceptors (Lipinski definition) is 3. The summed E-state index contributed by atoms with van der Waals surface area (Å²) in [4.78, 5) is 11.5. The first-order valence-electron chi connectivity index (χ1n) is 6.42. The molecule has 0 spiro atoms. The molecule has 1 aromatic heterocycles. The van der Waals surface area contributed by atoms with Crippen molar-refractivity contribution in [3.63, 3.8) is 0 Å². The molecule has 0 saturated carbocycles. The Morgan fingerprint density at radius 2 is 2.11 bits per heavy atom. The number of methoxy groups -OCH3 is 1. The summed E-state index contributed by atoms with van der Waals surface area (Å²) in [6, 6.07) is 4.28. The Kier molecular flexibility index (Phi) is 3.90. The van der Waals surface area contributed by atoms with Gasteiger partial charge in [0.15, 0.2) is 0 Å². The average molecular weight is 260 g/mol. The van der Waals surface area contributed by atoms with Gasteiger partial charge in [-0.3, -0.25) is 4.79 Å². The lowest BCUT2D eigenvalue weighted by molar-refractivity contribution is -0.141. The molecule has 0 aliphatic rings. The number of aromatic nitrogens is 1. The molecule has 0 aliphatic carbocycles. The van der Waals surface area contributed by atoms with Crippen LogP contribution in [0.15, 0.2) is 18.3 Å². The molecule has 0 bridgehead atoms. The van der Waals surface area contributed by atoms with Gasteiger partial charge in [0.1, 0.15) is 6.54 Å². The summed E-state index contributed by atoms with van der Waals surface area (Å²) in [5, 5.41) is 1.19. The Hall–Kier alpha value is -1.81. The highest BCUT2D eigenvalue weighted by molar-refractivity contribution is 5.88. The summed E-state index contributed by atoms with van der Waals surface area (Å²) in [6.45, 7) is 4.98. The van der Waals surface area contributed by atoms with Crippen molar-refractivity contribution in [1.82, 2.24) is 4.57 Å². The van der Waals surface area contributed by atoms with Crippen LogP contribution in [-0.4, -0.2) is 24.2 Å². The van der Waals surface area contributed by atoms with E-state index in [4.69, 9.17) is 10.5 Å². The maximum Gasteiger partial charge on any atom is 0.325 e. The van der Waals surface area contributed by atoms with Crippen LogP contribution in [0.3, 0.4) is 0 Å². The topological polar surface area (TPSA) is 57.2 Å². The molecule has 0 unspecified atom stereocenters. The van der Waals surface area contributed by atoms with Crippen LogP contribution in [0.1, 0.15) is 16.7 Å². The summed E-state index contributed by atoms with van der Waals surface area (Å²) in [7, 11) is 1.41. The van der Waals surface area contributed by atoms with Gasteiger partial charge in [-0.15, -0.1) is 0 Å². The van der Waals surface area contributed by atoms with Crippen LogP contribution in [-0.2, 0) is 22.5 Å². The Bertz CT molecular complexity index is 614. The zero-order valence-corrected chi connectivity index (χ0v) is 11.7. The van der Waals surface area contributed by atoms with Crippen molar-refractivity contribution in [2.45, 2.75) is 26.8 Å². The van der Waals surface area contributed by atoms with E-state index in [0.717, 1.165) is 11.9 Å². The van der Waals surface area contributed by atoms with Crippen LogP contribution < -0.4 is 5.73 Å². The fourth-order valence-corrected chi connectivity index (χ4v) is 2.59. The predicted molar refractivity (Wildman–Crippen MR) is 76.2 cm³/mol. The van der Waals surface area contributed by atoms with Crippen LogP contribution in [0.5, 0.6) is 0 Å². The number of esters is 1. The van der Waals surface area contributed by atoms with Gasteiger partial charge in [-0.2, -0.15) is 0 Å². The minimum absolute atomic E-state index is 0.238. The van der Waals surface area contributed by atoms with Crippen LogP contribution in [0.2, 0.25) is 0 Å². The van der Waals surface area contributed by atoms with Gasteiger partial charge in [0.25, 0.3) is 0 Å². The first kappa shape index (κ1) is 13.6. The molecule has 4 nitrogen and oxygen atoms in total. The van der Waals surface area contributed by atoms with Crippen molar-refractivity contribution in [3.05, 3.63) is 35.0 Å². The van der Waals surface area contributed by atoms with Crippen molar-refractivity contribution >= 4 is 16.9 Å². The first-order valence-corrected chi connectivity index (χ1v) is 6.42. The zero-order chi connectivity index (χ0) is 14.0. The number of aryl methyl sites for hydroxylation is 2. The zero-order valence-electron chi connectivity index (χ0n) is 11.7. The Morgan fingerprint density at radius 3 is 2.74 bits per heavy atom. The first-order chi connectivity index (χ1) is 9.06. The molecule has 1 heterocycles. The second-order valence-electron chi connectivity index (χ2n) is 4.88. The van der Waals surface area contributed by atoms with Crippen LogP contribution in [0, 0.1) is 13.8 Å². The molecule has 4 heteroatoms. The van der Waals surface area contributed by atoms with Gasteiger partial charge in [-0.05, 0) is 44.0 Å². The van der Waals surface area contributed by atoms with Crippen LogP contribution in [0.4, 0.5) is 0 Å². The van der Waals surface area contributed by atoms with E-state index in [1.807, 2.05) is 10.8 Å². The number of carbonyl (C=O) groups excluding carboxylic acids is 1. The van der Waals surface area contributed by atoms with Gasteiger partial charge in [-0.1, -0.05) is 11.6 Å². The fourth-order valence-electron chi connectivity index (χ4n) is 2.59. The minimum atomic E-state index is -0.240. The molecule has 102 valence electrons. The highest BCUT2D eigenvalue weighted by Crippen LogP contribution is 2.26. The third-order valence-corrected chi connectivity index (χ3v) is 3.33. The van der Waals surface area contributed by atoms with Crippen molar-refractivity contribution in [3.8, 4) is 0 Å². The van der Waals surface area contributed by atoms with Gasteiger partial charge in [0, 0.05) is 11.6 Å². The largest absolute Gasteiger partial charge is 0.468 e. The molecule has 0 aliphatic heterocycles. The molecule has 1 aromatic carbocycles. The number of nitrogens with two attached hydrogens (primary N) is 1. The normalized spacial score (nSPS) is 10.9. The fraction of sp³-hybridized carbons (Fsp3) is 0.400. The summed E-state index contributed by atoms with van der Waals surface area (Å²) in [6.07, 6.45) is 2.83. The summed E-state index contributed by atoms with van der Waals surface area (Å²) in [5.74, 6) is -0.240. The van der Waals surface area contributed by atoms with Gasteiger partial charge in [0.2, 0.25) is 0 Å². The minimum Gasteiger partial charge on any atom is -0.468 e. The third-order valence-electron chi connectivity index (χ3n) is 3.33. The third kappa shape index (κ3) is 2.63. The van der Waals surface area contributed by atoms with E-state index in [1.54, 1.807) is 0 Å². The molecular weight excluding hydrogens is 240 g/mol. The Morgan fingerprint density at radius 1 is 1.37 bits per heavy atom. The lowest BCUT2D eigenvalue weighted by atomic mass is 10.0. The highest BCUT2D eigenvalue weighted by atomic mass is 16.5. The standard InChI is InChI=1S/C15H20N2O2/c1-10-6-11(2)15-13(7-10)12(4-5-16)8-17(15)9-14(18)19-3/h6-8H,4-5,9,16H2,1-3H3. The van der Waals surface area contributed by atoms with Gasteiger partial charge in [0.05, 0.1) is 12.6 Å². The van der Waals surface area contributed by atoms with E-state index in [1.165, 1.54) is 29.2 Å². The van der Waals surface area contributed by atoms with E-state index in [0.29, 0.717) is 6.54 Å². The van der Waals surface area contributed by atoms with Crippen molar-refractivity contribution < 1.29 is 9.53 Å². The van der Waals surface area contributed by atoms with E-state index in [2.05, 4.69) is 26.0 Å². The molecular formula is C15H20N2O2. The maximum absolute atomic E-state index is 11.5. The van der Waals surface area contributed by atoms with Gasteiger partial charge < -0.3 is 15.0 Å². The second kappa shape index (κ2) is 5.45. The number of fused-ring (bicyclic) bond motifs is 1. The quantitative estimate of drug-likeness (QED) is 0.855. The van der Waals surface area contributed by atoms with Crippen molar-refractivity contribution in [1.29, 1.82) is 0 Å². The molecule has 19 heavy (non-hydrogen) atoms. The number of benzene rings is 1. The number of ether oxygens (including phenoxy) is 1. The monoisotopic (exact) mass is 260 g/mol. The predicted octanol–water partition coefficient (Wildman–Crippen LogP) is 1.93. The Balaban J connectivity index is 2.60. The Labute approximate surface area is 113 Å². The van der Waals surface area contributed by atoms with Gasteiger partial charge in [-0.25, -0.2) is 0 Å². The summed E-state index contributed by atoms with van der Waals surface area (Å²) < 4.78 is 6.71. The highest BCUT2D eigenvalue weighted by Gasteiger charge is 2.13. The van der Waals surface area contributed by atoms with E-state index in [9.17, 15) is 4.79 Å². The number of hydrogen-bond donors (Lipinski definition) is 1. The average Bonchev–Trinajstić information content (AvgIpc) is 2.68. The summed E-state index contributed by atoms with van der Waals surface area (Å²) in [5.41, 5.74) is 10.3. The van der Waals surface area contributed by atoms with Gasteiger partial charge >= 0.3 is 5.97 Å². The molecule has 2 aromatic rings. The maximum atomic E-state index is 11.5. The van der Waals surface area contributed by atoms with E-state index < -0.39 is 0 Å². The van der Waals surface area contributed by atoms with Crippen molar-refractivity contribution in [2.24, 2.45) is 5.73 Å². The van der Waals surface area contributed by atoms with E-state index in [-0.39, 0.29) is 12.5 Å². The van der Waals surface area contributed by atoms with Crippen LogP contribution in [0.25, 0.3) is 10.9 Å². The number of carbonyl (C=O) groups is 1. The smallest absolute Gasteiger partial charge is 0.325 e. The molecule has 0 saturated heterocycles. The van der Waals surface area contributed by atoms with E-state index >= 15 is 0 Å². The molecule has 0 atom stereocenters. The molecule has 0 fully saturated rings. The summed E-state index contributed by atoms with van der Waals surface area (Å²) >= 11 is 0. The second-order valence-corrected chi connectivity index (χ2v) is 4.88. The number of nitrogens with zero attached hydrogens (tertiary/aromatic N) is 1. The molecule has 2 rings (SSSR count). The molecule has 0 radical (unpaired) electrons. The van der Waals surface area contributed by atoms with Crippen LogP contribution >= 0.6 is 0 Å². The lowest BCUT2D eigenvalue weighted by Gasteiger charge is -2.07. The lowest BCUT2D eigenvalue weighted by Crippen LogP contribution is -2.11. The molecule has 0 amide bonds. The number of rotatable bonds is 4. The molecule has 2 N–H and O–H groups in total. The SMILES string of the molecule is COC(=O)Cn1cc(CCN)c2cc(C)cc(C)c21. The van der Waals surface area contributed by atoms with Crippen molar-refractivity contribution in [2.75, 3.05) is 13.7 Å².